The van der Waals surface area contributed by atoms with Gasteiger partial charge in [-0.1, -0.05) is 27.2 Å². The molecule has 0 aromatic carbocycles. The monoisotopic (exact) mass is 270 g/mol. The predicted octanol–water partition coefficient (Wildman–Crippen LogP) is 1.26. The van der Waals surface area contributed by atoms with Crippen molar-refractivity contribution < 1.29 is 14.6 Å². The lowest BCUT2D eigenvalue weighted by Crippen LogP contribution is -2.67. The first kappa shape index (κ1) is 14.6. The summed E-state index contributed by atoms with van der Waals surface area (Å²) < 4.78 is 5.70. The molecule has 0 aromatic heterocycles. The molecule has 4 atom stereocenters. The molecule has 4 unspecified atom stereocenters. The lowest BCUT2D eigenvalue weighted by molar-refractivity contribution is -0.108. The number of hydrogen-bond acceptors (Lipinski definition) is 3. The Kier molecular flexibility index (Phi) is 4.36. The lowest BCUT2D eigenvalue weighted by atomic mass is 9.57. The van der Waals surface area contributed by atoms with E-state index in [0.29, 0.717) is 18.9 Å². The number of hydrogen-bond donors (Lipinski definition) is 3. The fraction of sp³-hybridized carbons (Fsp3) is 0.929. The number of amides is 2. The zero-order chi connectivity index (χ0) is 14.0. The van der Waals surface area contributed by atoms with Crippen LogP contribution in [0.15, 0.2) is 0 Å². The van der Waals surface area contributed by atoms with Crippen LogP contribution in [0.3, 0.4) is 0 Å². The average Bonchev–Trinajstić information content (AvgIpc) is 2.80. The Morgan fingerprint density at radius 2 is 2.26 bits per heavy atom. The van der Waals surface area contributed by atoms with Crippen LogP contribution in [-0.4, -0.2) is 42.5 Å². The third kappa shape index (κ3) is 2.87. The minimum absolute atomic E-state index is 0.000537. The molecule has 1 aliphatic heterocycles. The number of carbonyl (C=O) groups excluding carboxylic acids is 1. The fourth-order valence-electron chi connectivity index (χ4n) is 3.46. The summed E-state index contributed by atoms with van der Waals surface area (Å²) in [6.45, 7) is 7.40. The van der Waals surface area contributed by atoms with Gasteiger partial charge in [0.15, 0.2) is 0 Å². The molecule has 1 saturated heterocycles. The molecule has 110 valence electrons. The quantitative estimate of drug-likeness (QED) is 0.704. The van der Waals surface area contributed by atoms with Crippen molar-refractivity contribution in [1.29, 1.82) is 0 Å². The van der Waals surface area contributed by atoms with Crippen LogP contribution < -0.4 is 10.6 Å². The van der Waals surface area contributed by atoms with E-state index in [1.807, 2.05) is 6.92 Å². The van der Waals surface area contributed by atoms with E-state index < -0.39 is 6.10 Å². The van der Waals surface area contributed by atoms with Crippen molar-refractivity contribution in [1.82, 2.24) is 10.6 Å². The van der Waals surface area contributed by atoms with Gasteiger partial charge in [0.25, 0.3) is 0 Å². The van der Waals surface area contributed by atoms with Crippen LogP contribution in [0.2, 0.25) is 0 Å². The molecule has 19 heavy (non-hydrogen) atoms. The first-order chi connectivity index (χ1) is 8.96. The molecule has 1 heterocycles. The van der Waals surface area contributed by atoms with E-state index in [1.165, 1.54) is 0 Å². The van der Waals surface area contributed by atoms with Gasteiger partial charge >= 0.3 is 6.03 Å². The first-order valence-electron chi connectivity index (χ1n) is 7.30. The second-order valence-corrected chi connectivity index (χ2v) is 6.34. The van der Waals surface area contributed by atoms with Crippen LogP contribution in [0.5, 0.6) is 0 Å². The summed E-state index contributed by atoms with van der Waals surface area (Å²) in [7, 11) is 0. The zero-order valence-corrected chi connectivity index (χ0v) is 12.1. The molecular weight excluding hydrogens is 244 g/mol. The zero-order valence-electron chi connectivity index (χ0n) is 12.1. The highest BCUT2D eigenvalue weighted by molar-refractivity contribution is 5.74. The van der Waals surface area contributed by atoms with Gasteiger partial charge in [0.05, 0.1) is 12.2 Å². The van der Waals surface area contributed by atoms with Crippen molar-refractivity contribution in [3.05, 3.63) is 0 Å². The maximum absolute atomic E-state index is 11.9. The minimum atomic E-state index is -0.451. The number of urea groups is 1. The predicted molar refractivity (Wildman–Crippen MR) is 72.9 cm³/mol. The number of rotatable bonds is 5. The summed E-state index contributed by atoms with van der Waals surface area (Å²) in [5.41, 5.74) is 0.000537. The number of ether oxygens (including phenoxy) is 1. The highest BCUT2D eigenvalue weighted by Gasteiger charge is 2.59. The molecule has 0 radical (unpaired) electrons. The largest absolute Gasteiger partial charge is 0.391 e. The molecule has 2 amide bonds. The Balaban J connectivity index is 1.76. The summed E-state index contributed by atoms with van der Waals surface area (Å²) in [5, 5.41) is 15.4. The van der Waals surface area contributed by atoms with Gasteiger partial charge in [0.2, 0.25) is 0 Å². The summed E-state index contributed by atoms with van der Waals surface area (Å²) in [6.07, 6.45) is 2.49. The molecular formula is C14H26N2O3. The van der Waals surface area contributed by atoms with Crippen molar-refractivity contribution in [3.8, 4) is 0 Å². The molecule has 2 fully saturated rings. The smallest absolute Gasteiger partial charge is 0.315 e. The summed E-state index contributed by atoms with van der Waals surface area (Å²) in [4.78, 5) is 11.9. The number of aliphatic hydroxyl groups is 1. The van der Waals surface area contributed by atoms with E-state index in [4.69, 9.17) is 4.74 Å². The average molecular weight is 270 g/mol. The molecule has 1 saturated carbocycles. The summed E-state index contributed by atoms with van der Waals surface area (Å²) in [5.74, 6) is 0.446. The van der Waals surface area contributed by atoms with E-state index in [-0.39, 0.29) is 23.6 Å². The van der Waals surface area contributed by atoms with Crippen molar-refractivity contribution in [2.24, 2.45) is 11.3 Å². The maximum atomic E-state index is 11.9. The van der Waals surface area contributed by atoms with Crippen molar-refractivity contribution in [2.45, 2.75) is 58.3 Å². The molecule has 1 aliphatic carbocycles. The topological polar surface area (TPSA) is 70.6 Å². The van der Waals surface area contributed by atoms with E-state index in [0.717, 1.165) is 19.4 Å². The van der Waals surface area contributed by atoms with E-state index in [9.17, 15) is 9.90 Å². The minimum Gasteiger partial charge on any atom is -0.391 e. The molecule has 2 rings (SSSR count). The number of nitrogens with one attached hydrogen (secondary N) is 2. The summed E-state index contributed by atoms with van der Waals surface area (Å²) in [6, 6.07) is -0.0121. The molecule has 0 bridgehead atoms. The molecule has 5 nitrogen and oxygen atoms in total. The Morgan fingerprint density at radius 1 is 1.53 bits per heavy atom. The van der Waals surface area contributed by atoms with Gasteiger partial charge < -0.3 is 20.5 Å². The van der Waals surface area contributed by atoms with Crippen LogP contribution in [-0.2, 0) is 4.74 Å². The molecule has 5 heteroatoms. The third-order valence-electron chi connectivity index (χ3n) is 4.51. The van der Waals surface area contributed by atoms with Gasteiger partial charge in [0.1, 0.15) is 0 Å². The SMILES string of the molecule is CCCC(O)CNC(=O)NC1C2CCOC2C1(C)C. The number of fused-ring (bicyclic) bond motifs is 1. The van der Waals surface area contributed by atoms with Crippen LogP contribution in [0.25, 0.3) is 0 Å². The highest BCUT2D eigenvalue weighted by atomic mass is 16.5. The Labute approximate surface area is 115 Å². The van der Waals surface area contributed by atoms with Gasteiger partial charge in [-0.05, 0) is 12.8 Å². The van der Waals surface area contributed by atoms with Crippen LogP contribution in [0, 0.1) is 11.3 Å². The molecule has 3 N–H and O–H groups in total. The third-order valence-corrected chi connectivity index (χ3v) is 4.51. The van der Waals surface area contributed by atoms with Crippen molar-refractivity contribution in [3.63, 3.8) is 0 Å². The summed E-state index contributed by atoms with van der Waals surface area (Å²) >= 11 is 0. The normalized spacial score (nSPS) is 33.2. The Bertz CT molecular complexity index is 333. The number of carbonyl (C=O) groups is 1. The van der Waals surface area contributed by atoms with Gasteiger partial charge in [-0.3, -0.25) is 0 Å². The molecule has 2 aliphatic rings. The molecule has 0 aromatic rings. The van der Waals surface area contributed by atoms with E-state index >= 15 is 0 Å². The molecule has 0 spiro atoms. The second kappa shape index (κ2) is 5.67. The number of aliphatic hydroxyl groups excluding tert-OH is 1. The first-order valence-corrected chi connectivity index (χ1v) is 7.30. The van der Waals surface area contributed by atoms with Gasteiger partial charge in [0, 0.05) is 30.5 Å². The fourth-order valence-corrected chi connectivity index (χ4v) is 3.46. The van der Waals surface area contributed by atoms with Crippen LogP contribution >= 0.6 is 0 Å². The Hall–Kier alpha value is -0.810. The standard InChI is InChI=1S/C14H26N2O3/c1-4-5-9(17)8-15-13(18)16-11-10-6-7-19-12(10)14(11,2)3/h9-12,17H,4-8H2,1-3H3,(H2,15,16,18). The van der Waals surface area contributed by atoms with E-state index in [2.05, 4.69) is 24.5 Å². The van der Waals surface area contributed by atoms with Crippen molar-refractivity contribution >= 4 is 6.03 Å². The van der Waals surface area contributed by atoms with Crippen LogP contribution in [0.4, 0.5) is 4.79 Å². The van der Waals surface area contributed by atoms with Gasteiger partial charge in [-0.15, -0.1) is 0 Å². The lowest BCUT2D eigenvalue weighted by Gasteiger charge is -2.54. The second-order valence-electron chi connectivity index (χ2n) is 6.34. The van der Waals surface area contributed by atoms with E-state index in [1.54, 1.807) is 0 Å². The van der Waals surface area contributed by atoms with Gasteiger partial charge in [-0.2, -0.15) is 0 Å². The van der Waals surface area contributed by atoms with Crippen LogP contribution in [0.1, 0.15) is 40.0 Å². The maximum Gasteiger partial charge on any atom is 0.315 e. The highest BCUT2D eigenvalue weighted by Crippen LogP contribution is 2.51. The Morgan fingerprint density at radius 3 is 2.95 bits per heavy atom. The van der Waals surface area contributed by atoms with Crippen molar-refractivity contribution in [2.75, 3.05) is 13.2 Å². The van der Waals surface area contributed by atoms with Gasteiger partial charge in [-0.25, -0.2) is 4.79 Å².